The lowest BCUT2D eigenvalue weighted by atomic mass is 10.2. The van der Waals surface area contributed by atoms with E-state index in [1.165, 1.54) is 12.8 Å². The van der Waals surface area contributed by atoms with Crippen molar-refractivity contribution in [2.24, 2.45) is 0 Å². The number of hydrogen-bond acceptors (Lipinski definition) is 5. The lowest BCUT2D eigenvalue weighted by Gasteiger charge is -2.10. The van der Waals surface area contributed by atoms with Crippen LogP contribution in [0.15, 0.2) is 12.4 Å². The first-order chi connectivity index (χ1) is 7.88. The fraction of sp³-hybridized carbons (Fsp3) is 0.636. The highest BCUT2D eigenvalue weighted by Gasteiger charge is 2.14. The first kappa shape index (κ1) is 11.1. The van der Waals surface area contributed by atoms with Crippen molar-refractivity contribution in [3.63, 3.8) is 0 Å². The van der Waals surface area contributed by atoms with Gasteiger partial charge in [-0.1, -0.05) is 0 Å². The molecule has 0 saturated carbocycles. The molecule has 1 fully saturated rings. The summed E-state index contributed by atoms with van der Waals surface area (Å²) in [7, 11) is 1.83. The molecule has 1 aliphatic heterocycles. The number of ether oxygens (including phenoxy) is 1. The number of anilines is 2. The van der Waals surface area contributed by atoms with E-state index in [2.05, 4.69) is 20.6 Å². The van der Waals surface area contributed by atoms with E-state index < -0.39 is 0 Å². The van der Waals surface area contributed by atoms with Gasteiger partial charge in [-0.3, -0.25) is 4.98 Å². The van der Waals surface area contributed by atoms with E-state index in [0.717, 1.165) is 31.2 Å². The monoisotopic (exact) mass is 222 g/mol. The first-order valence-corrected chi connectivity index (χ1v) is 5.74. The molecule has 1 atom stereocenters. The molecule has 0 spiro atoms. The molecule has 1 unspecified atom stereocenters. The van der Waals surface area contributed by atoms with Gasteiger partial charge in [-0.15, -0.1) is 0 Å². The molecule has 0 radical (unpaired) electrons. The summed E-state index contributed by atoms with van der Waals surface area (Å²) < 4.78 is 5.55. The summed E-state index contributed by atoms with van der Waals surface area (Å²) in [6.07, 6.45) is 7.27. The molecule has 2 N–H and O–H groups in total. The standard InChI is InChI=1S/C11H18N4O/c1-12-10-7-13-8-11(15-10)14-5-4-9-3-2-6-16-9/h7-9H,2-6H2,1H3,(H2,12,14,15). The normalized spacial score (nSPS) is 19.7. The lowest BCUT2D eigenvalue weighted by Crippen LogP contribution is -2.13. The van der Waals surface area contributed by atoms with Gasteiger partial charge < -0.3 is 15.4 Å². The van der Waals surface area contributed by atoms with Crippen molar-refractivity contribution in [1.29, 1.82) is 0 Å². The third kappa shape index (κ3) is 3.06. The molecule has 0 aromatic carbocycles. The maximum atomic E-state index is 5.55. The molecule has 1 aliphatic rings. The summed E-state index contributed by atoms with van der Waals surface area (Å²) in [5.74, 6) is 1.59. The summed E-state index contributed by atoms with van der Waals surface area (Å²) >= 11 is 0. The average Bonchev–Trinajstić information content (AvgIpc) is 2.82. The van der Waals surface area contributed by atoms with Crippen LogP contribution in [0.3, 0.4) is 0 Å². The van der Waals surface area contributed by atoms with Crippen LogP contribution in [0.4, 0.5) is 11.6 Å². The molecule has 16 heavy (non-hydrogen) atoms. The van der Waals surface area contributed by atoms with E-state index in [0.29, 0.717) is 6.10 Å². The SMILES string of the molecule is CNc1cncc(NCCC2CCCO2)n1. The first-order valence-electron chi connectivity index (χ1n) is 5.74. The maximum Gasteiger partial charge on any atom is 0.146 e. The van der Waals surface area contributed by atoms with E-state index in [4.69, 9.17) is 4.74 Å². The van der Waals surface area contributed by atoms with Crippen molar-refractivity contribution >= 4 is 11.6 Å². The Bertz CT molecular complexity index is 326. The van der Waals surface area contributed by atoms with Gasteiger partial charge >= 0.3 is 0 Å². The zero-order chi connectivity index (χ0) is 11.2. The van der Waals surface area contributed by atoms with Crippen LogP contribution in [-0.2, 0) is 4.74 Å². The quantitative estimate of drug-likeness (QED) is 0.790. The van der Waals surface area contributed by atoms with Crippen LogP contribution in [0.1, 0.15) is 19.3 Å². The second kappa shape index (κ2) is 5.65. The summed E-state index contributed by atoms with van der Waals surface area (Å²) in [4.78, 5) is 8.42. The van der Waals surface area contributed by atoms with Crippen molar-refractivity contribution in [1.82, 2.24) is 9.97 Å². The fourth-order valence-corrected chi connectivity index (χ4v) is 1.80. The van der Waals surface area contributed by atoms with Gasteiger partial charge in [0.2, 0.25) is 0 Å². The highest BCUT2D eigenvalue weighted by Crippen LogP contribution is 2.15. The molecular weight excluding hydrogens is 204 g/mol. The Morgan fingerprint density at radius 2 is 2.31 bits per heavy atom. The highest BCUT2D eigenvalue weighted by molar-refractivity contribution is 5.40. The highest BCUT2D eigenvalue weighted by atomic mass is 16.5. The Hall–Kier alpha value is -1.36. The summed E-state index contributed by atoms with van der Waals surface area (Å²) in [5, 5.41) is 6.21. The number of hydrogen-bond donors (Lipinski definition) is 2. The van der Waals surface area contributed by atoms with Gasteiger partial charge in [0.1, 0.15) is 11.6 Å². The minimum absolute atomic E-state index is 0.424. The van der Waals surface area contributed by atoms with Gasteiger partial charge in [-0.05, 0) is 19.3 Å². The molecule has 88 valence electrons. The molecule has 1 saturated heterocycles. The van der Waals surface area contributed by atoms with Crippen LogP contribution >= 0.6 is 0 Å². The Morgan fingerprint density at radius 3 is 3.06 bits per heavy atom. The maximum absolute atomic E-state index is 5.55. The molecule has 5 nitrogen and oxygen atoms in total. The van der Waals surface area contributed by atoms with Crippen LogP contribution in [0.25, 0.3) is 0 Å². The van der Waals surface area contributed by atoms with Gasteiger partial charge in [0.05, 0.1) is 18.5 Å². The minimum atomic E-state index is 0.424. The fourth-order valence-electron chi connectivity index (χ4n) is 1.80. The molecule has 0 amide bonds. The topological polar surface area (TPSA) is 59.1 Å². The zero-order valence-electron chi connectivity index (χ0n) is 9.57. The molecular formula is C11H18N4O. The zero-order valence-corrected chi connectivity index (χ0v) is 9.57. The second-order valence-corrected chi connectivity index (χ2v) is 3.89. The third-order valence-electron chi connectivity index (χ3n) is 2.69. The average molecular weight is 222 g/mol. The van der Waals surface area contributed by atoms with E-state index in [1.54, 1.807) is 12.4 Å². The van der Waals surface area contributed by atoms with Gasteiger partial charge in [0, 0.05) is 20.2 Å². The molecule has 1 aromatic rings. The molecule has 2 rings (SSSR count). The van der Waals surface area contributed by atoms with Gasteiger partial charge in [0.25, 0.3) is 0 Å². The lowest BCUT2D eigenvalue weighted by molar-refractivity contribution is 0.107. The smallest absolute Gasteiger partial charge is 0.146 e. The summed E-state index contributed by atoms with van der Waals surface area (Å²) in [6.45, 7) is 1.80. The Balaban J connectivity index is 1.75. The van der Waals surface area contributed by atoms with Crippen molar-refractivity contribution in [2.45, 2.75) is 25.4 Å². The second-order valence-electron chi connectivity index (χ2n) is 3.89. The van der Waals surface area contributed by atoms with E-state index in [1.807, 2.05) is 7.05 Å². The number of nitrogens with one attached hydrogen (secondary N) is 2. The summed E-state index contributed by atoms with van der Waals surface area (Å²) in [5.41, 5.74) is 0. The number of rotatable bonds is 5. The van der Waals surface area contributed by atoms with Crippen LogP contribution in [0, 0.1) is 0 Å². The summed E-state index contributed by atoms with van der Waals surface area (Å²) in [6, 6.07) is 0. The van der Waals surface area contributed by atoms with E-state index >= 15 is 0 Å². The Kier molecular flexibility index (Phi) is 3.93. The van der Waals surface area contributed by atoms with E-state index in [9.17, 15) is 0 Å². The van der Waals surface area contributed by atoms with Crippen molar-refractivity contribution in [2.75, 3.05) is 30.8 Å². The van der Waals surface area contributed by atoms with Gasteiger partial charge in [-0.25, -0.2) is 4.98 Å². The molecule has 0 aliphatic carbocycles. The molecule has 1 aromatic heterocycles. The van der Waals surface area contributed by atoms with Crippen molar-refractivity contribution in [3.05, 3.63) is 12.4 Å². The van der Waals surface area contributed by atoms with Crippen LogP contribution in [0.5, 0.6) is 0 Å². The van der Waals surface area contributed by atoms with Gasteiger partial charge in [-0.2, -0.15) is 0 Å². The van der Waals surface area contributed by atoms with Crippen LogP contribution < -0.4 is 10.6 Å². The number of nitrogens with zero attached hydrogens (tertiary/aromatic N) is 2. The van der Waals surface area contributed by atoms with E-state index in [-0.39, 0.29) is 0 Å². The van der Waals surface area contributed by atoms with Crippen molar-refractivity contribution in [3.8, 4) is 0 Å². The molecule has 2 heterocycles. The van der Waals surface area contributed by atoms with Crippen LogP contribution in [-0.4, -0.2) is 36.3 Å². The third-order valence-corrected chi connectivity index (χ3v) is 2.69. The largest absolute Gasteiger partial charge is 0.378 e. The minimum Gasteiger partial charge on any atom is -0.378 e. The Morgan fingerprint density at radius 1 is 1.44 bits per heavy atom. The predicted octanol–water partition coefficient (Wildman–Crippen LogP) is 1.50. The van der Waals surface area contributed by atoms with Crippen LogP contribution in [0.2, 0.25) is 0 Å². The number of aromatic nitrogens is 2. The molecule has 0 bridgehead atoms. The predicted molar refractivity (Wildman–Crippen MR) is 63.7 cm³/mol. The Labute approximate surface area is 95.6 Å². The van der Waals surface area contributed by atoms with Gasteiger partial charge in [0.15, 0.2) is 0 Å². The van der Waals surface area contributed by atoms with Crippen molar-refractivity contribution < 1.29 is 4.74 Å². The molecule has 5 heteroatoms.